The molecule has 8 nitrogen and oxygen atoms in total. The summed E-state index contributed by atoms with van der Waals surface area (Å²) in [5, 5.41) is 7.80. The lowest BCUT2D eigenvalue weighted by Crippen LogP contribution is -2.50. The Kier molecular flexibility index (Phi) is 6.86. The predicted molar refractivity (Wildman–Crippen MR) is 117 cm³/mol. The number of halogens is 1. The number of carbonyl (C=O) groups excluding carboxylic acids is 1. The van der Waals surface area contributed by atoms with E-state index in [1.807, 2.05) is 27.8 Å². The zero-order valence-corrected chi connectivity index (χ0v) is 19.2. The van der Waals surface area contributed by atoms with Gasteiger partial charge in [0.1, 0.15) is 0 Å². The molecule has 1 unspecified atom stereocenters. The van der Waals surface area contributed by atoms with Gasteiger partial charge >= 0.3 is 0 Å². The third kappa shape index (κ3) is 5.03. The fourth-order valence-corrected chi connectivity index (χ4v) is 5.08. The van der Waals surface area contributed by atoms with E-state index in [0.717, 1.165) is 17.1 Å². The third-order valence-corrected chi connectivity index (χ3v) is 7.45. The Hall–Kier alpha value is -1.94. The zero-order valence-electron chi connectivity index (χ0n) is 17.6. The number of nitrogens with zero attached hydrogens (tertiary/aromatic N) is 3. The maximum Gasteiger partial charge on any atom is 0.241 e. The molecule has 1 aliphatic heterocycles. The van der Waals surface area contributed by atoms with Crippen LogP contribution in [0.4, 0.5) is 5.69 Å². The molecule has 3 rings (SSSR count). The molecule has 30 heavy (non-hydrogen) atoms. The Morgan fingerprint density at radius 2 is 1.80 bits per heavy atom. The summed E-state index contributed by atoms with van der Waals surface area (Å²) in [5.41, 5.74) is 2.44. The number of rotatable bonds is 6. The average molecular weight is 454 g/mol. The molecule has 2 N–H and O–H groups in total. The number of benzene rings is 1. The number of nitrogens with one attached hydrogen (secondary N) is 2. The molecular weight excluding hydrogens is 426 g/mol. The molecule has 2 heterocycles. The van der Waals surface area contributed by atoms with Gasteiger partial charge in [0.15, 0.2) is 0 Å². The molecule has 1 aliphatic rings. The standard InChI is InChI=1S/C20H28ClN5O3S/c1-13-19(14(2)25(4)23-13)22-20(27)15(3)26-11-9-17(10-12-26)24-30(28,29)18-7-5-16(21)6-8-18/h5-8,15,17,24H,9-12H2,1-4H3,(H,22,27). The van der Waals surface area contributed by atoms with Crippen LogP contribution in [0, 0.1) is 13.8 Å². The van der Waals surface area contributed by atoms with Crippen molar-refractivity contribution in [1.82, 2.24) is 19.4 Å². The second-order valence-electron chi connectivity index (χ2n) is 7.72. The van der Waals surface area contributed by atoms with Gasteiger partial charge in [-0.05, 0) is 57.9 Å². The lowest BCUT2D eigenvalue weighted by molar-refractivity contribution is -0.121. The molecule has 0 spiro atoms. The van der Waals surface area contributed by atoms with Crippen LogP contribution >= 0.6 is 11.6 Å². The summed E-state index contributed by atoms with van der Waals surface area (Å²) in [6, 6.07) is 5.62. The van der Waals surface area contributed by atoms with E-state index in [1.54, 1.807) is 16.8 Å². The van der Waals surface area contributed by atoms with Crippen molar-refractivity contribution in [2.45, 2.75) is 50.6 Å². The van der Waals surface area contributed by atoms with Crippen LogP contribution in [0.25, 0.3) is 0 Å². The van der Waals surface area contributed by atoms with Gasteiger partial charge in [0.25, 0.3) is 0 Å². The fourth-order valence-electron chi connectivity index (χ4n) is 3.65. The van der Waals surface area contributed by atoms with Crippen LogP contribution in [0.1, 0.15) is 31.2 Å². The number of amides is 1. The zero-order chi connectivity index (χ0) is 22.1. The molecule has 1 saturated heterocycles. The highest BCUT2D eigenvalue weighted by Gasteiger charge is 2.29. The Balaban J connectivity index is 1.55. The number of likely N-dealkylation sites (tertiary alicyclic amines) is 1. The summed E-state index contributed by atoms with van der Waals surface area (Å²) in [6.07, 6.45) is 1.27. The summed E-state index contributed by atoms with van der Waals surface area (Å²) < 4.78 is 29.6. The van der Waals surface area contributed by atoms with Crippen molar-refractivity contribution in [3.63, 3.8) is 0 Å². The molecule has 1 aromatic carbocycles. The van der Waals surface area contributed by atoms with Crippen molar-refractivity contribution in [3.05, 3.63) is 40.7 Å². The van der Waals surface area contributed by atoms with Gasteiger partial charge in [0.05, 0.1) is 28.0 Å². The van der Waals surface area contributed by atoms with E-state index in [-0.39, 0.29) is 22.9 Å². The molecule has 1 amide bonds. The van der Waals surface area contributed by atoms with E-state index in [0.29, 0.717) is 31.0 Å². The molecule has 1 fully saturated rings. The molecule has 10 heteroatoms. The van der Waals surface area contributed by atoms with Gasteiger partial charge in [0, 0.05) is 31.2 Å². The maximum absolute atomic E-state index is 12.7. The molecule has 0 saturated carbocycles. The monoisotopic (exact) mass is 453 g/mol. The number of piperidine rings is 1. The largest absolute Gasteiger partial charge is 0.322 e. The minimum Gasteiger partial charge on any atom is -0.322 e. The van der Waals surface area contributed by atoms with Crippen LogP contribution < -0.4 is 10.0 Å². The molecule has 2 aromatic rings. The predicted octanol–water partition coefficient (Wildman–Crippen LogP) is 2.46. The highest BCUT2D eigenvalue weighted by Crippen LogP contribution is 2.21. The number of anilines is 1. The second kappa shape index (κ2) is 9.05. The smallest absolute Gasteiger partial charge is 0.241 e. The first-order valence-corrected chi connectivity index (χ1v) is 11.8. The average Bonchev–Trinajstić information content (AvgIpc) is 2.94. The lowest BCUT2D eigenvalue weighted by Gasteiger charge is -2.35. The maximum atomic E-state index is 12.7. The molecule has 1 aromatic heterocycles. The van der Waals surface area contributed by atoms with Crippen molar-refractivity contribution in [2.75, 3.05) is 18.4 Å². The number of hydrogen-bond donors (Lipinski definition) is 2. The Morgan fingerprint density at radius 3 is 2.33 bits per heavy atom. The first kappa shape index (κ1) is 22.7. The van der Waals surface area contributed by atoms with E-state index in [1.165, 1.54) is 12.1 Å². The highest BCUT2D eigenvalue weighted by atomic mass is 35.5. The first-order valence-electron chi connectivity index (χ1n) is 9.91. The summed E-state index contributed by atoms with van der Waals surface area (Å²) in [4.78, 5) is 15.0. The Morgan fingerprint density at radius 1 is 1.20 bits per heavy atom. The van der Waals surface area contributed by atoms with Gasteiger partial charge < -0.3 is 5.32 Å². The van der Waals surface area contributed by atoms with E-state index >= 15 is 0 Å². The van der Waals surface area contributed by atoms with Gasteiger partial charge in [-0.1, -0.05) is 11.6 Å². The molecular formula is C20H28ClN5O3S. The lowest BCUT2D eigenvalue weighted by atomic mass is 10.0. The third-order valence-electron chi connectivity index (χ3n) is 5.66. The van der Waals surface area contributed by atoms with Gasteiger partial charge in [-0.3, -0.25) is 14.4 Å². The van der Waals surface area contributed by atoms with Crippen molar-refractivity contribution in [2.24, 2.45) is 7.05 Å². The summed E-state index contributed by atoms with van der Waals surface area (Å²) in [6.45, 7) is 6.92. The molecule has 164 valence electrons. The molecule has 0 bridgehead atoms. The minimum atomic E-state index is -3.59. The van der Waals surface area contributed by atoms with Crippen LogP contribution in [-0.4, -0.2) is 54.2 Å². The molecule has 0 aliphatic carbocycles. The van der Waals surface area contributed by atoms with Crippen molar-refractivity contribution < 1.29 is 13.2 Å². The first-order chi connectivity index (χ1) is 14.1. The van der Waals surface area contributed by atoms with Crippen molar-refractivity contribution in [1.29, 1.82) is 0 Å². The highest BCUT2D eigenvalue weighted by molar-refractivity contribution is 7.89. The van der Waals surface area contributed by atoms with Gasteiger partial charge in [-0.15, -0.1) is 0 Å². The second-order valence-corrected chi connectivity index (χ2v) is 9.87. The van der Waals surface area contributed by atoms with Crippen LogP contribution in [0.15, 0.2) is 29.2 Å². The van der Waals surface area contributed by atoms with Crippen LogP contribution in [-0.2, 0) is 21.9 Å². The molecule has 0 radical (unpaired) electrons. The van der Waals surface area contributed by atoms with Crippen LogP contribution in [0.2, 0.25) is 5.02 Å². The normalized spacial score (nSPS) is 17.1. The van der Waals surface area contributed by atoms with Gasteiger partial charge in [-0.2, -0.15) is 5.10 Å². The SMILES string of the molecule is Cc1nn(C)c(C)c1NC(=O)C(C)N1CCC(NS(=O)(=O)c2ccc(Cl)cc2)CC1. The number of aryl methyl sites for hydroxylation is 2. The van der Waals surface area contributed by atoms with Crippen LogP contribution in [0.5, 0.6) is 0 Å². The minimum absolute atomic E-state index is 0.0885. The Bertz CT molecular complexity index is 1010. The number of carbonyl (C=O) groups is 1. The van der Waals surface area contributed by atoms with Crippen LogP contribution in [0.3, 0.4) is 0 Å². The Labute approximate surface area is 182 Å². The van der Waals surface area contributed by atoms with E-state index < -0.39 is 10.0 Å². The summed E-state index contributed by atoms with van der Waals surface area (Å²) in [5.74, 6) is -0.0885. The van der Waals surface area contributed by atoms with Crippen molar-refractivity contribution in [3.8, 4) is 0 Å². The summed E-state index contributed by atoms with van der Waals surface area (Å²) in [7, 11) is -1.75. The molecule has 1 atom stereocenters. The van der Waals surface area contributed by atoms with E-state index in [2.05, 4.69) is 20.0 Å². The van der Waals surface area contributed by atoms with E-state index in [9.17, 15) is 13.2 Å². The van der Waals surface area contributed by atoms with Gasteiger partial charge in [-0.25, -0.2) is 13.1 Å². The topological polar surface area (TPSA) is 96.3 Å². The number of hydrogen-bond acceptors (Lipinski definition) is 5. The number of aromatic nitrogens is 2. The number of sulfonamides is 1. The fraction of sp³-hybridized carbons (Fsp3) is 0.500. The summed E-state index contributed by atoms with van der Waals surface area (Å²) >= 11 is 5.84. The van der Waals surface area contributed by atoms with Gasteiger partial charge in [0.2, 0.25) is 15.9 Å². The van der Waals surface area contributed by atoms with E-state index in [4.69, 9.17) is 11.6 Å². The quantitative estimate of drug-likeness (QED) is 0.700. The van der Waals surface area contributed by atoms with Crippen molar-refractivity contribution >= 4 is 33.2 Å².